The molecule has 148 valence electrons. The molecule has 1 aromatic heterocycles. The van der Waals surface area contributed by atoms with Gasteiger partial charge in [-0.1, -0.05) is 43.2 Å². The summed E-state index contributed by atoms with van der Waals surface area (Å²) in [4.78, 5) is 30.8. The molecule has 0 radical (unpaired) electrons. The maximum atomic E-state index is 12.9. The molecule has 1 aliphatic carbocycles. The molecule has 1 atom stereocenters. The van der Waals surface area contributed by atoms with Crippen LogP contribution in [0.3, 0.4) is 0 Å². The standard InChI is InChI=1S/C23H28N2O2S/c1-24-12-13-25(23(27)19-5-2-3-6-19)16-20(22(24)26)15-17-8-10-18(11-9-17)21-7-4-14-28-21/h4,7-11,14,19-20H,2-3,5-6,12-13,15-16H2,1H3/t20-/m0/s1. The summed E-state index contributed by atoms with van der Waals surface area (Å²) in [5.74, 6) is 0.428. The Hall–Kier alpha value is -2.14. The first kappa shape index (κ1) is 19.2. The van der Waals surface area contributed by atoms with Crippen molar-refractivity contribution < 1.29 is 9.59 Å². The van der Waals surface area contributed by atoms with E-state index in [2.05, 4.69) is 41.8 Å². The molecule has 2 fully saturated rings. The van der Waals surface area contributed by atoms with Gasteiger partial charge in [-0.3, -0.25) is 9.59 Å². The van der Waals surface area contributed by atoms with Crippen molar-refractivity contribution >= 4 is 23.2 Å². The van der Waals surface area contributed by atoms with Crippen molar-refractivity contribution in [3.05, 3.63) is 47.3 Å². The molecule has 1 aliphatic heterocycles. The second kappa shape index (κ2) is 8.48. The van der Waals surface area contributed by atoms with Gasteiger partial charge in [-0.25, -0.2) is 0 Å². The highest BCUT2D eigenvalue weighted by Crippen LogP contribution is 2.29. The van der Waals surface area contributed by atoms with Gasteiger partial charge >= 0.3 is 0 Å². The highest BCUT2D eigenvalue weighted by molar-refractivity contribution is 7.13. The minimum absolute atomic E-state index is 0.157. The van der Waals surface area contributed by atoms with E-state index in [0.29, 0.717) is 26.1 Å². The molecule has 1 aromatic carbocycles. The Morgan fingerprint density at radius 1 is 1.11 bits per heavy atom. The van der Waals surface area contributed by atoms with Crippen molar-refractivity contribution in [3.63, 3.8) is 0 Å². The van der Waals surface area contributed by atoms with Crippen LogP contribution in [0, 0.1) is 11.8 Å². The first-order chi connectivity index (χ1) is 13.6. The summed E-state index contributed by atoms with van der Waals surface area (Å²) >= 11 is 1.73. The Morgan fingerprint density at radius 2 is 1.86 bits per heavy atom. The maximum absolute atomic E-state index is 12.9. The monoisotopic (exact) mass is 396 g/mol. The highest BCUT2D eigenvalue weighted by Gasteiger charge is 2.34. The Morgan fingerprint density at radius 3 is 2.54 bits per heavy atom. The Labute approximate surface area is 171 Å². The fourth-order valence-electron chi connectivity index (χ4n) is 4.44. The number of nitrogens with zero attached hydrogens (tertiary/aromatic N) is 2. The molecule has 2 aliphatic rings. The minimum Gasteiger partial charge on any atom is -0.344 e. The Kier molecular flexibility index (Phi) is 5.81. The molecular formula is C23H28N2O2S. The van der Waals surface area contributed by atoms with Crippen LogP contribution in [0.15, 0.2) is 41.8 Å². The van der Waals surface area contributed by atoms with Crippen LogP contribution < -0.4 is 0 Å². The lowest BCUT2D eigenvalue weighted by Crippen LogP contribution is -2.40. The number of hydrogen-bond donors (Lipinski definition) is 0. The third-order valence-corrected chi connectivity index (χ3v) is 7.05. The van der Waals surface area contributed by atoms with Crippen molar-refractivity contribution in [1.29, 1.82) is 0 Å². The second-order valence-corrected chi connectivity index (χ2v) is 9.05. The van der Waals surface area contributed by atoms with E-state index < -0.39 is 0 Å². The summed E-state index contributed by atoms with van der Waals surface area (Å²) in [7, 11) is 1.86. The van der Waals surface area contributed by atoms with E-state index >= 15 is 0 Å². The van der Waals surface area contributed by atoms with Gasteiger partial charge in [-0.05, 0) is 41.8 Å². The van der Waals surface area contributed by atoms with E-state index in [1.54, 1.807) is 16.2 Å². The zero-order chi connectivity index (χ0) is 19.5. The van der Waals surface area contributed by atoms with Gasteiger partial charge in [-0.15, -0.1) is 11.3 Å². The van der Waals surface area contributed by atoms with Gasteiger partial charge in [0.1, 0.15) is 0 Å². The van der Waals surface area contributed by atoms with Gasteiger partial charge in [-0.2, -0.15) is 0 Å². The summed E-state index contributed by atoms with van der Waals surface area (Å²) in [6.45, 7) is 1.84. The molecule has 1 saturated carbocycles. The van der Waals surface area contributed by atoms with Crippen molar-refractivity contribution in [2.24, 2.45) is 11.8 Å². The van der Waals surface area contributed by atoms with Crippen LogP contribution in [0.5, 0.6) is 0 Å². The molecule has 4 rings (SSSR count). The molecule has 0 spiro atoms. The van der Waals surface area contributed by atoms with E-state index in [4.69, 9.17) is 0 Å². The summed E-state index contributed by atoms with van der Waals surface area (Å²) in [5.41, 5.74) is 2.36. The predicted octanol–water partition coefficient (Wildman–Crippen LogP) is 4.06. The van der Waals surface area contributed by atoms with Crippen molar-refractivity contribution in [2.45, 2.75) is 32.1 Å². The number of thiophene rings is 1. The first-order valence-corrected chi connectivity index (χ1v) is 11.2. The zero-order valence-corrected chi connectivity index (χ0v) is 17.3. The number of carbonyl (C=O) groups is 2. The van der Waals surface area contributed by atoms with Gasteiger partial charge in [0, 0.05) is 37.5 Å². The van der Waals surface area contributed by atoms with Crippen LogP contribution in [0.25, 0.3) is 10.4 Å². The van der Waals surface area contributed by atoms with Gasteiger partial charge in [0.25, 0.3) is 0 Å². The van der Waals surface area contributed by atoms with Crippen molar-refractivity contribution in [1.82, 2.24) is 9.80 Å². The molecule has 4 nitrogen and oxygen atoms in total. The molecule has 0 N–H and O–H groups in total. The van der Waals surface area contributed by atoms with E-state index in [1.165, 1.54) is 10.4 Å². The van der Waals surface area contributed by atoms with Crippen LogP contribution in [0.1, 0.15) is 31.2 Å². The summed E-state index contributed by atoms with van der Waals surface area (Å²) < 4.78 is 0. The molecule has 2 aromatic rings. The highest BCUT2D eigenvalue weighted by atomic mass is 32.1. The van der Waals surface area contributed by atoms with E-state index in [0.717, 1.165) is 31.2 Å². The normalized spacial score (nSPS) is 21.2. The van der Waals surface area contributed by atoms with Crippen LogP contribution in [0.2, 0.25) is 0 Å². The van der Waals surface area contributed by atoms with Gasteiger partial charge in [0.05, 0.1) is 5.92 Å². The lowest BCUT2D eigenvalue weighted by atomic mass is 9.96. The molecule has 0 unspecified atom stereocenters. The van der Waals surface area contributed by atoms with Gasteiger partial charge in [0.15, 0.2) is 0 Å². The molecule has 0 bridgehead atoms. The Balaban J connectivity index is 1.47. The van der Waals surface area contributed by atoms with Crippen LogP contribution in [0.4, 0.5) is 0 Å². The minimum atomic E-state index is -0.162. The van der Waals surface area contributed by atoms with Crippen LogP contribution in [-0.4, -0.2) is 48.3 Å². The van der Waals surface area contributed by atoms with Gasteiger partial charge in [0.2, 0.25) is 11.8 Å². The van der Waals surface area contributed by atoms with E-state index in [-0.39, 0.29) is 23.7 Å². The van der Waals surface area contributed by atoms with E-state index in [9.17, 15) is 9.59 Å². The molecule has 2 amide bonds. The smallest absolute Gasteiger partial charge is 0.227 e. The fraction of sp³-hybridized carbons (Fsp3) is 0.478. The fourth-order valence-corrected chi connectivity index (χ4v) is 5.18. The van der Waals surface area contributed by atoms with Crippen molar-refractivity contribution in [2.75, 3.05) is 26.7 Å². The number of carbonyl (C=O) groups excluding carboxylic acids is 2. The number of benzene rings is 1. The topological polar surface area (TPSA) is 40.6 Å². The number of rotatable bonds is 4. The first-order valence-electron chi connectivity index (χ1n) is 10.3. The number of likely N-dealkylation sites (N-methyl/N-ethyl adjacent to an activating group) is 1. The predicted molar refractivity (Wildman–Crippen MR) is 113 cm³/mol. The van der Waals surface area contributed by atoms with Crippen LogP contribution >= 0.6 is 11.3 Å². The zero-order valence-electron chi connectivity index (χ0n) is 16.5. The summed E-state index contributed by atoms with van der Waals surface area (Å²) in [6.07, 6.45) is 5.01. The lowest BCUT2D eigenvalue weighted by Gasteiger charge is -2.26. The second-order valence-electron chi connectivity index (χ2n) is 8.10. The average molecular weight is 397 g/mol. The maximum Gasteiger partial charge on any atom is 0.227 e. The summed E-state index contributed by atoms with van der Waals surface area (Å²) in [6, 6.07) is 12.7. The van der Waals surface area contributed by atoms with Crippen LogP contribution in [-0.2, 0) is 16.0 Å². The number of hydrogen-bond acceptors (Lipinski definition) is 3. The summed E-state index contributed by atoms with van der Waals surface area (Å²) in [5, 5.41) is 2.08. The molecule has 1 saturated heterocycles. The average Bonchev–Trinajstić information content (AvgIpc) is 3.41. The molecular weight excluding hydrogens is 368 g/mol. The number of amides is 2. The quantitative estimate of drug-likeness (QED) is 0.782. The molecule has 5 heteroatoms. The van der Waals surface area contributed by atoms with E-state index in [1.807, 2.05) is 11.9 Å². The largest absolute Gasteiger partial charge is 0.344 e. The molecule has 28 heavy (non-hydrogen) atoms. The van der Waals surface area contributed by atoms with Crippen molar-refractivity contribution in [3.8, 4) is 10.4 Å². The molecule has 2 heterocycles. The lowest BCUT2D eigenvalue weighted by molar-refractivity contribution is -0.136. The van der Waals surface area contributed by atoms with Gasteiger partial charge < -0.3 is 9.80 Å². The SMILES string of the molecule is CN1CCN(C(=O)C2CCCC2)C[C@H](Cc2ccc(-c3cccs3)cc2)C1=O. The third-order valence-electron chi connectivity index (χ3n) is 6.13. The third kappa shape index (κ3) is 4.14. The Bertz CT molecular complexity index is 810.